The van der Waals surface area contributed by atoms with Gasteiger partial charge in [0.1, 0.15) is 5.82 Å². The standard InChI is InChI=1S/C9H18N4/c1-4-7(2)11-5-8-6-12-13(3)9(8)10/h6-7,11H,4-5,10H2,1-3H3. The summed E-state index contributed by atoms with van der Waals surface area (Å²) in [6.07, 6.45) is 2.94. The summed E-state index contributed by atoms with van der Waals surface area (Å²) in [4.78, 5) is 0. The van der Waals surface area contributed by atoms with Gasteiger partial charge >= 0.3 is 0 Å². The van der Waals surface area contributed by atoms with Gasteiger partial charge in [0.25, 0.3) is 0 Å². The van der Waals surface area contributed by atoms with E-state index >= 15 is 0 Å². The molecule has 0 saturated heterocycles. The summed E-state index contributed by atoms with van der Waals surface area (Å²) < 4.78 is 1.69. The maximum atomic E-state index is 5.79. The Kier molecular flexibility index (Phi) is 3.31. The molecule has 1 rings (SSSR count). The molecule has 1 aromatic heterocycles. The van der Waals surface area contributed by atoms with Crippen molar-refractivity contribution in [3.63, 3.8) is 0 Å². The lowest BCUT2D eigenvalue weighted by Crippen LogP contribution is -2.24. The Hall–Kier alpha value is -1.03. The van der Waals surface area contributed by atoms with Gasteiger partial charge in [-0.1, -0.05) is 6.92 Å². The van der Waals surface area contributed by atoms with Crippen LogP contribution in [0.15, 0.2) is 6.20 Å². The van der Waals surface area contributed by atoms with Crippen LogP contribution in [0.25, 0.3) is 0 Å². The molecular weight excluding hydrogens is 164 g/mol. The van der Waals surface area contributed by atoms with Crippen LogP contribution in [0.4, 0.5) is 5.82 Å². The largest absolute Gasteiger partial charge is 0.384 e. The average molecular weight is 182 g/mol. The number of nitrogens with two attached hydrogens (primary N) is 1. The lowest BCUT2D eigenvalue weighted by atomic mass is 10.2. The van der Waals surface area contributed by atoms with Crippen LogP contribution in [0.5, 0.6) is 0 Å². The predicted molar refractivity (Wildman–Crippen MR) is 54.2 cm³/mol. The van der Waals surface area contributed by atoms with Crippen LogP contribution in [0.2, 0.25) is 0 Å². The van der Waals surface area contributed by atoms with E-state index in [-0.39, 0.29) is 0 Å². The number of nitrogens with one attached hydrogen (secondary N) is 1. The molecule has 1 aromatic rings. The fourth-order valence-corrected chi connectivity index (χ4v) is 1.06. The van der Waals surface area contributed by atoms with E-state index < -0.39 is 0 Å². The van der Waals surface area contributed by atoms with Crippen molar-refractivity contribution in [2.45, 2.75) is 32.9 Å². The van der Waals surface area contributed by atoms with Crippen molar-refractivity contribution >= 4 is 5.82 Å². The maximum absolute atomic E-state index is 5.79. The minimum absolute atomic E-state index is 0.527. The normalized spacial score (nSPS) is 13.2. The highest BCUT2D eigenvalue weighted by atomic mass is 15.3. The van der Waals surface area contributed by atoms with Crippen LogP contribution in [0, 0.1) is 0 Å². The summed E-state index contributed by atoms with van der Waals surface area (Å²) >= 11 is 0. The van der Waals surface area contributed by atoms with Crippen LogP contribution in [0.1, 0.15) is 25.8 Å². The topological polar surface area (TPSA) is 55.9 Å². The van der Waals surface area contributed by atoms with E-state index in [2.05, 4.69) is 24.3 Å². The van der Waals surface area contributed by atoms with Crippen LogP contribution < -0.4 is 11.1 Å². The molecular formula is C9H18N4. The number of nitrogen functional groups attached to an aromatic ring is 1. The van der Waals surface area contributed by atoms with E-state index in [1.165, 1.54) is 0 Å². The summed E-state index contributed by atoms with van der Waals surface area (Å²) in [6.45, 7) is 5.12. The zero-order chi connectivity index (χ0) is 9.84. The maximum Gasteiger partial charge on any atom is 0.125 e. The van der Waals surface area contributed by atoms with Gasteiger partial charge in [-0.25, -0.2) is 0 Å². The molecule has 1 heterocycles. The quantitative estimate of drug-likeness (QED) is 0.727. The van der Waals surface area contributed by atoms with Gasteiger partial charge in [0.05, 0.1) is 6.20 Å². The van der Waals surface area contributed by atoms with Gasteiger partial charge in [-0.3, -0.25) is 4.68 Å². The SMILES string of the molecule is CCC(C)NCc1cnn(C)c1N. The zero-order valence-corrected chi connectivity index (χ0v) is 8.54. The summed E-state index contributed by atoms with van der Waals surface area (Å²) in [5.74, 6) is 0.746. The summed E-state index contributed by atoms with van der Waals surface area (Å²) in [7, 11) is 1.85. The Morgan fingerprint density at radius 2 is 2.38 bits per heavy atom. The number of rotatable bonds is 4. The minimum Gasteiger partial charge on any atom is -0.384 e. The minimum atomic E-state index is 0.527. The predicted octanol–water partition coefficient (Wildman–Crippen LogP) is 0.890. The Bertz CT molecular complexity index is 267. The molecule has 0 aliphatic carbocycles. The molecule has 0 bridgehead atoms. The highest BCUT2D eigenvalue weighted by Crippen LogP contribution is 2.08. The fourth-order valence-electron chi connectivity index (χ4n) is 1.06. The number of aromatic nitrogens is 2. The molecule has 0 saturated carbocycles. The molecule has 4 heteroatoms. The fraction of sp³-hybridized carbons (Fsp3) is 0.667. The highest BCUT2D eigenvalue weighted by Gasteiger charge is 2.05. The lowest BCUT2D eigenvalue weighted by molar-refractivity contribution is 0.534. The second-order valence-corrected chi connectivity index (χ2v) is 3.37. The van der Waals surface area contributed by atoms with Crippen molar-refractivity contribution in [1.82, 2.24) is 15.1 Å². The molecule has 1 unspecified atom stereocenters. The van der Waals surface area contributed by atoms with Gasteiger partial charge in [0.2, 0.25) is 0 Å². The molecule has 0 radical (unpaired) electrons. The van der Waals surface area contributed by atoms with Crippen molar-refractivity contribution in [2.75, 3.05) is 5.73 Å². The molecule has 1 atom stereocenters. The molecule has 74 valence electrons. The van der Waals surface area contributed by atoms with Gasteiger partial charge < -0.3 is 11.1 Å². The molecule has 13 heavy (non-hydrogen) atoms. The summed E-state index contributed by atoms with van der Waals surface area (Å²) in [6, 6.07) is 0.527. The smallest absolute Gasteiger partial charge is 0.125 e. The molecule has 0 spiro atoms. The third-order valence-corrected chi connectivity index (χ3v) is 2.32. The van der Waals surface area contributed by atoms with Crippen molar-refractivity contribution in [2.24, 2.45) is 7.05 Å². The molecule has 4 nitrogen and oxygen atoms in total. The zero-order valence-electron chi connectivity index (χ0n) is 8.54. The van der Waals surface area contributed by atoms with Crippen LogP contribution >= 0.6 is 0 Å². The van der Waals surface area contributed by atoms with Crippen molar-refractivity contribution in [3.8, 4) is 0 Å². The molecule has 0 fully saturated rings. The van der Waals surface area contributed by atoms with Gasteiger partial charge in [-0.2, -0.15) is 5.10 Å². The number of nitrogens with zero attached hydrogens (tertiary/aromatic N) is 2. The van der Waals surface area contributed by atoms with Gasteiger partial charge in [-0.15, -0.1) is 0 Å². The van der Waals surface area contributed by atoms with Crippen LogP contribution in [-0.2, 0) is 13.6 Å². The third kappa shape index (κ3) is 2.45. The Morgan fingerprint density at radius 1 is 1.69 bits per heavy atom. The van der Waals surface area contributed by atoms with E-state index in [9.17, 15) is 0 Å². The summed E-state index contributed by atoms with van der Waals surface area (Å²) in [5, 5.41) is 7.44. The lowest BCUT2D eigenvalue weighted by Gasteiger charge is -2.10. The molecule has 3 N–H and O–H groups in total. The number of aryl methyl sites for hydroxylation is 1. The number of anilines is 1. The number of hydrogen-bond acceptors (Lipinski definition) is 3. The van der Waals surface area contributed by atoms with Crippen molar-refractivity contribution < 1.29 is 0 Å². The van der Waals surface area contributed by atoms with Crippen LogP contribution in [-0.4, -0.2) is 15.8 Å². The third-order valence-electron chi connectivity index (χ3n) is 2.32. The second kappa shape index (κ2) is 4.28. The number of hydrogen-bond donors (Lipinski definition) is 2. The molecule has 0 aliphatic rings. The van der Waals surface area contributed by atoms with E-state index in [4.69, 9.17) is 5.73 Å². The first-order valence-corrected chi connectivity index (χ1v) is 4.64. The highest BCUT2D eigenvalue weighted by molar-refractivity contribution is 5.38. The Morgan fingerprint density at radius 3 is 2.85 bits per heavy atom. The Labute approximate surface area is 79.1 Å². The first-order valence-electron chi connectivity index (χ1n) is 4.64. The first kappa shape index (κ1) is 10.1. The van der Waals surface area contributed by atoms with Gasteiger partial charge in [-0.05, 0) is 13.3 Å². The van der Waals surface area contributed by atoms with Gasteiger partial charge in [0.15, 0.2) is 0 Å². The summed E-state index contributed by atoms with van der Waals surface area (Å²) in [5.41, 5.74) is 6.86. The average Bonchev–Trinajstić information content (AvgIpc) is 2.44. The molecule has 0 aromatic carbocycles. The first-order chi connectivity index (χ1) is 6.15. The van der Waals surface area contributed by atoms with E-state index in [1.54, 1.807) is 4.68 Å². The van der Waals surface area contributed by atoms with Crippen molar-refractivity contribution in [3.05, 3.63) is 11.8 Å². The molecule has 0 amide bonds. The monoisotopic (exact) mass is 182 g/mol. The second-order valence-electron chi connectivity index (χ2n) is 3.37. The van der Waals surface area contributed by atoms with E-state index in [0.29, 0.717) is 6.04 Å². The molecule has 0 aliphatic heterocycles. The van der Waals surface area contributed by atoms with E-state index in [1.807, 2.05) is 13.2 Å². The van der Waals surface area contributed by atoms with Gasteiger partial charge in [0, 0.05) is 25.2 Å². The van der Waals surface area contributed by atoms with Crippen LogP contribution in [0.3, 0.4) is 0 Å². The van der Waals surface area contributed by atoms with E-state index in [0.717, 1.165) is 24.3 Å². The Balaban J connectivity index is 2.50. The van der Waals surface area contributed by atoms with Crippen molar-refractivity contribution in [1.29, 1.82) is 0 Å².